The van der Waals surface area contributed by atoms with E-state index in [-0.39, 0.29) is 12.2 Å². The summed E-state index contributed by atoms with van der Waals surface area (Å²) in [5.41, 5.74) is 2.13. The van der Waals surface area contributed by atoms with Gasteiger partial charge in [0.05, 0.1) is 0 Å². The van der Waals surface area contributed by atoms with Crippen LogP contribution < -0.4 is 5.32 Å². The molecule has 1 saturated heterocycles. The van der Waals surface area contributed by atoms with Gasteiger partial charge in [0.2, 0.25) is 0 Å². The fourth-order valence-electron chi connectivity index (χ4n) is 3.38. The maximum atomic E-state index is 12.0. The van der Waals surface area contributed by atoms with E-state index in [1.54, 1.807) is 0 Å². The number of unbranched alkanes of at least 4 members (excludes halogenated alkanes) is 3. The van der Waals surface area contributed by atoms with E-state index in [2.05, 4.69) is 29.3 Å². The summed E-state index contributed by atoms with van der Waals surface area (Å²) in [5.74, 6) is 0. The van der Waals surface area contributed by atoms with Gasteiger partial charge in [-0.3, -0.25) is 10.2 Å². The standard InChI is InChI=1S/C21H34N2O2/c1-3-4-5-7-10-19-11-13-20(14-12-19)22-21(24)25-18(2)17-23-15-8-6-9-16-23/h11-14,18H,3-10,15-17H2,1-2H3,(H,22,24)/t18-/m1/s1. The molecule has 1 atom stereocenters. The molecule has 0 radical (unpaired) electrons. The maximum absolute atomic E-state index is 12.0. The van der Waals surface area contributed by atoms with Crippen LogP contribution in [0.15, 0.2) is 24.3 Å². The van der Waals surface area contributed by atoms with Crippen molar-refractivity contribution in [2.24, 2.45) is 0 Å². The molecule has 1 aliphatic heterocycles. The number of carbonyl (C=O) groups excluding carboxylic acids is 1. The number of piperidine rings is 1. The van der Waals surface area contributed by atoms with Crippen molar-refractivity contribution in [1.82, 2.24) is 4.90 Å². The first-order chi connectivity index (χ1) is 12.2. The van der Waals surface area contributed by atoms with Crippen LogP contribution in [0.3, 0.4) is 0 Å². The van der Waals surface area contributed by atoms with Gasteiger partial charge in [0, 0.05) is 12.2 Å². The lowest BCUT2D eigenvalue weighted by atomic mass is 10.1. The lowest BCUT2D eigenvalue weighted by Gasteiger charge is -2.28. The van der Waals surface area contributed by atoms with Gasteiger partial charge in [-0.15, -0.1) is 0 Å². The van der Waals surface area contributed by atoms with Gasteiger partial charge in [0.15, 0.2) is 0 Å². The molecule has 1 amide bonds. The Morgan fingerprint density at radius 2 is 1.84 bits per heavy atom. The van der Waals surface area contributed by atoms with Gasteiger partial charge >= 0.3 is 6.09 Å². The third-order valence-corrected chi connectivity index (χ3v) is 4.79. The molecule has 1 aliphatic rings. The fourth-order valence-corrected chi connectivity index (χ4v) is 3.38. The van der Waals surface area contributed by atoms with E-state index in [1.165, 1.54) is 50.5 Å². The minimum atomic E-state index is -0.361. The Morgan fingerprint density at radius 3 is 2.52 bits per heavy atom. The van der Waals surface area contributed by atoms with Gasteiger partial charge in [-0.2, -0.15) is 0 Å². The van der Waals surface area contributed by atoms with Crippen molar-refractivity contribution >= 4 is 11.8 Å². The van der Waals surface area contributed by atoms with E-state index in [9.17, 15) is 4.79 Å². The van der Waals surface area contributed by atoms with Crippen molar-refractivity contribution < 1.29 is 9.53 Å². The lowest BCUT2D eigenvalue weighted by molar-refractivity contribution is 0.0833. The number of carbonyl (C=O) groups is 1. The Kier molecular flexibility index (Phi) is 8.81. The number of nitrogens with zero attached hydrogens (tertiary/aromatic N) is 1. The van der Waals surface area contributed by atoms with Crippen molar-refractivity contribution in [2.45, 2.75) is 71.3 Å². The summed E-state index contributed by atoms with van der Waals surface area (Å²) in [4.78, 5) is 14.4. The zero-order valence-electron chi connectivity index (χ0n) is 15.9. The molecule has 0 saturated carbocycles. The quantitative estimate of drug-likeness (QED) is 0.622. The van der Waals surface area contributed by atoms with E-state index in [4.69, 9.17) is 4.74 Å². The minimum absolute atomic E-state index is 0.0871. The number of amides is 1. The van der Waals surface area contributed by atoms with Crippen LogP contribution in [0.2, 0.25) is 0 Å². The van der Waals surface area contributed by atoms with Crippen LogP contribution in [0, 0.1) is 0 Å². The highest BCUT2D eigenvalue weighted by Crippen LogP contribution is 2.14. The molecule has 140 valence electrons. The van der Waals surface area contributed by atoms with Crippen LogP contribution >= 0.6 is 0 Å². The monoisotopic (exact) mass is 346 g/mol. The van der Waals surface area contributed by atoms with E-state index in [0.717, 1.165) is 31.7 Å². The van der Waals surface area contributed by atoms with Crippen molar-refractivity contribution in [3.63, 3.8) is 0 Å². The summed E-state index contributed by atoms with van der Waals surface area (Å²) in [7, 11) is 0. The molecule has 0 unspecified atom stereocenters. The number of anilines is 1. The highest BCUT2D eigenvalue weighted by molar-refractivity contribution is 5.84. The Bertz CT molecular complexity index is 495. The summed E-state index contributed by atoms with van der Waals surface area (Å²) in [5, 5.41) is 2.83. The molecule has 1 aromatic rings. The SMILES string of the molecule is CCCCCCc1ccc(NC(=O)O[C@H](C)CN2CCCCC2)cc1. The smallest absolute Gasteiger partial charge is 0.411 e. The molecule has 0 aromatic heterocycles. The molecule has 4 heteroatoms. The highest BCUT2D eigenvalue weighted by atomic mass is 16.6. The third kappa shape index (κ3) is 7.91. The molecule has 1 aromatic carbocycles. The zero-order valence-corrected chi connectivity index (χ0v) is 15.9. The molecular weight excluding hydrogens is 312 g/mol. The van der Waals surface area contributed by atoms with Gasteiger partial charge < -0.3 is 4.74 Å². The van der Waals surface area contributed by atoms with Crippen LogP contribution in [0.5, 0.6) is 0 Å². The molecule has 0 spiro atoms. The largest absolute Gasteiger partial charge is 0.445 e. The molecule has 2 rings (SSSR count). The van der Waals surface area contributed by atoms with Gasteiger partial charge in [-0.25, -0.2) is 4.79 Å². The molecule has 0 aliphatic carbocycles. The van der Waals surface area contributed by atoms with Crippen LogP contribution in [0.4, 0.5) is 10.5 Å². The topological polar surface area (TPSA) is 41.6 Å². The first-order valence-corrected chi connectivity index (χ1v) is 9.96. The number of benzene rings is 1. The second kappa shape index (κ2) is 11.1. The predicted molar refractivity (Wildman–Crippen MR) is 104 cm³/mol. The number of nitrogens with one attached hydrogen (secondary N) is 1. The number of rotatable bonds is 9. The van der Waals surface area contributed by atoms with Crippen LogP contribution in [-0.4, -0.2) is 36.7 Å². The van der Waals surface area contributed by atoms with Crippen LogP contribution in [0.25, 0.3) is 0 Å². The second-order valence-electron chi connectivity index (χ2n) is 7.21. The molecule has 25 heavy (non-hydrogen) atoms. The van der Waals surface area contributed by atoms with Gasteiger partial charge in [0.25, 0.3) is 0 Å². The van der Waals surface area contributed by atoms with Crippen molar-refractivity contribution in [3.8, 4) is 0 Å². The average Bonchev–Trinajstić information content (AvgIpc) is 2.61. The third-order valence-electron chi connectivity index (χ3n) is 4.79. The molecular formula is C21H34N2O2. The summed E-state index contributed by atoms with van der Waals surface area (Å²) in [6.07, 6.45) is 9.58. The maximum Gasteiger partial charge on any atom is 0.411 e. The predicted octanol–water partition coefficient (Wildman–Crippen LogP) is 5.23. The molecule has 0 bridgehead atoms. The number of aryl methyl sites for hydroxylation is 1. The number of ether oxygens (including phenoxy) is 1. The molecule has 4 nitrogen and oxygen atoms in total. The van der Waals surface area contributed by atoms with Crippen molar-refractivity contribution in [3.05, 3.63) is 29.8 Å². The summed E-state index contributed by atoms with van der Waals surface area (Å²) >= 11 is 0. The van der Waals surface area contributed by atoms with Crippen LogP contribution in [-0.2, 0) is 11.2 Å². The molecule has 1 N–H and O–H groups in total. The average molecular weight is 347 g/mol. The van der Waals surface area contributed by atoms with Crippen LogP contribution in [0.1, 0.15) is 64.4 Å². The minimum Gasteiger partial charge on any atom is -0.445 e. The van der Waals surface area contributed by atoms with E-state index in [0.29, 0.717) is 0 Å². The summed E-state index contributed by atoms with van der Waals surface area (Å²) in [6, 6.07) is 8.12. The second-order valence-corrected chi connectivity index (χ2v) is 7.21. The van der Waals surface area contributed by atoms with E-state index in [1.807, 2.05) is 19.1 Å². The van der Waals surface area contributed by atoms with Gasteiger partial charge in [0.1, 0.15) is 6.10 Å². The number of likely N-dealkylation sites (tertiary alicyclic amines) is 1. The van der Waals surface area contributed by atoms with Gasteiger partial charge in [-0.1, -0.05) is 44.7 Å². The zero-order chi connectivity index (χ0) is 17.9. The Morgan fingerprint density at radius 1 is 1.12 bits per heavy atom. The normalized spacial score (nSPS) is 16.4. The van der Waals surface area contributed by atoms with Crippen molar-refractivity contribution in [1.29, 1.82) is 0 Å². The lowest BCUT2D eigenvalue weighted by Crippen LogP contribution is -2.37. The van der Waals surface area contributed by atoms with E-state index < -0.39 is 0 Å². The summed E-state index contributed by atoms with van der Waals surface area (Å²) < 4.78 is 5.49. The molecule has 1 heterocycles. The highest BCUT2D eigenvalue weighted by Gasteiger charge is 2.16. The van der Waals surface area contributed by atoms with Crippen molar-refractivity contribution in [2.75, 3.05) is 25.0 Å². The number of hydrogen-bond acceptors (Lipinski definition) is 3. The number of hydrogen-bond donors (Lipinski definition) is 1. The fraction of sp³-hybridized carbons (Fsp3) is 0.667. The van der Waals surface area contributed by atoms with Gasteiger partial charge in [-0.05, 0) is 63.4 Å². The Balaban J connectivity index is 1.68. The Labute approximate surface area is 152 Å². The first kappa shape index (κ1) is 19.8. The van der Waals surface area contributed by atoms with E-state index >= 15 is 0 Å². The summed E-state index contributed by atoms with van der Waals surface area (Å²) in [6.45, 7) is 7.26. The first-order valence-electron chi connectivity index (χ1n) is 9.96. The molecule has 1 fully saturated rings. The Hall–Kier alpha value is -1.55.